The first-order valence-electron chi connectivity index (χ1n) is 8.52. The number of carbonyl (C=O) groups is 3. The van der Waals surface area contributed by atoms with Gasteiger partial charge in [0.25, 0.3) is 11.8 Å². The Bertz CT molecular complexity index is 984. The molecule has 0 spiro atoms. The maximum absolute atomic E-state index is 12.8. The minimum atomic E-state index is -1.26. The van der Waals surface area contributed by atoms with Gasteiger partial charge < -0.3 is 14.7 Å². The Morgan fingerprint density at radius 3 is 2.46 bits per heavy atom. The predicted molar refractivity (Wildman–Crippen MR) is 100 cm³/mol. The molecule has 0 unspecified atom stereocenters. The van der Waals surface area contributed by atoms with Crippen LogP contribution >= 0.6 is 11.5 Å². The van der Waals surface area contributed by atoms with E-state index in [0.29, 0.717) is 30.6 Å². The maximum Gasteiger partial charge on any atom is 0.328 e. The molecule has 2 amide bonds. The Morgan fingerprint density at radius 1 is 1.18 bits per heavy atom. The summed E-state index contributed by atoms with van der Waals surface area (Å²) in [5.74, 6) is -1.65. The van der Waals surface area contributed by atoms with Gasteiger partial charge in [-0.1, -0.05) is 0 Å². The molecular weight excluding hydrogens is 384 g/mol. The third-order valence-electron chi connectivity index (χ3n) is 4.04. The van der Waals surface area contributed by atoms with Gasteiger partial charge in [-0.05, 0) is 48.6 Å². The fourth-order valence-corrected chi connectivity index (χ4v) is 3.52. The summed E-state index contributed by atoms with van der Waals surface area (Å²) in [6, 6.07) is 7.04. The zero-order chi connectivity index (χ0) is 20.1. The number of amides is 2. The van der Waals surface area contributed by atoms with E-state index in [4.69, 9.17) is 9.84 Å². The lowest BCUT2D eigenvalue weighted by molar-refractivity contribution is -0.131. The van der Waals surface area contributed by atoms with E-state index < -0.39 is 11.9 Å². The average molecular weight is 402 g/mol. The smallest absolute Gasteiger partial charge is 0.328 e. The lowest BCUT2D eigenvalue weighted by Crippen LogP contribution is -2.31. The number of nitrogens with zero attached hydrogens (tertiary/aromatic N) is 4. The maximum atomic E-state index is 12.8. The molecule has 3 rings (SSSR count). The fourth-order valence-electron chi connectivity index (χ4n) is 2.66. The van der Waals surface area contributed by atoms with Crippen molar-refractivity contribution in [3.8, 4) is 11.4 Å². The number of aliphatic carboxylic acids is 1. The number of aromatic nitrogens is 2. The third kappa shape index (κ3) is 4.52. The molecule has 1 aromatic heterocycles. The Balaban J connectivity index is 2.02. The first-order chi connectivity index (χ1) is 13.5. The molecule has 1 saturated heterocycles. The Labute approximate surface area is 164 Å². The van der Waals surface area contributed by atoms with Crippen molar-refractivity contribution in [2.24, 2.45) is 4.99 Å². The molecule has 1 aromatic carbocycles. The van der Waals surface area contributed by atoms with E-state index in [1.54, 1.807) is 36.3 Å². The molecule has 28 heavy (non-hydrogen) atoms. The standard InChI is InChI=1S/C18H18N4O5S/c1-27-13-6-4-12(5-7-13)22-20-16(18(26)21-10-2-3-11-21)17(28-22)19-14(23)8-9-15(24)25/h4-9H,2-3,10-11H2,1H3,(H,24,25)/b9-8+,19-17?. The minimum Gasteiger partial charge on any atom is -0.497 e. The molecule has 0 atom stereocenters. The Kier molecular flexibility index (Phi) is 5.99. The molecule has 0 bridgehead atoms. The van der Waals surface area contributed by atoms with Gasteiger partial charge in [-0.25, -0.2) is 4.79 Å². The first kappa shape index (κ1) is 19.5. The number of hydrogen-bond acceptors (Lipinski definition) is 6. The van der Waals surface area contributed by atoms with Crippen LogP contribution in [0, 0.1) is 0 Å². The molecule has 10 heteroatoms. The number of rotatable bonds is 5. The predicted octanol–water partition coefficient (Wildman–Crippen LogP) is 1.25. The number of carboxylic acids is 1. The van der Waals surface area contributed by atoms with Gasteiger partial charge in [-0.2, -0.15) is 9.06 Å². The molecule has 1 N–H and O–H groups in total. The molecule has 1 aliphatic rings. The van der Waals surface area contributed by atoms with Crippen LogP contribution < -0.4 is 9.41 Å². The minimum absolute atomic E-state index is 0.0693. The molecule has 0 saturated carbocycles. The van der Waals surface area contributed by atoms with Crippen molar-refractivity contribution in [3.05, 3.63) is 46.8 Å². The van der Waals surface area contributed by atoms with E-state index in [0.717, 1.165) is 30.5 Å². The van der Waals surface area contributed by atoms with Crippen molar-refractivity contribution in [2.75, 3.05) is 20.2 Å². The van der Waals surface area contributed by atoms with Crippen LogP contribution in [-0.4, -0.2) is 57.2 Å². The highest BCUT2D eigenvalue weighted by molar-refractivity contribution is 7.04. The van der Waals surface area contributed by atoms with Gasteiger partial charge in [0, 0.05) is 25.2 Å². The Morgan fingerprint density at radius 2 is 1.86 bits per heavy atom. The fraction of sp³-hybridized carbons (Fsp3) is 0.278. The van der Waals surface area contributed by atoms with Crippen molar-refractivity contribution >= 4 is 29.3 Å². The van der Waals surface area contributed by atoms with Crippen LogP contribution in [0.2, 0.25) is 0 Å². The topological polar surface area (TPSA) is 114 Å². The quantitative estimate of drug-likeness (QED) is 0.753. The Hall–Kier alpha value is -3.27. The van der Waals surface area contributed by atoms with E-state index in [9.17, 15) is 14.4 Å². The SMILES string of the molecule is COc1ccc(-n2nc(C(=O)N3CCCC3)c(=NC(=O)/C=C/C(=O)O)s2)cc1. The van der Waals surface area contributed by atoms with Crippen molar-refractivity contribution in [1.29, 1.82) is 0 Å². The van der Waals surface area contributed by atoms with Crippen LogP contribution in [0.15, 0.2) is 41.4 Å². The van der Waals surface area contributed by atoms with Gasteiger partial charge in [0.1, 0.15) is 5.75 Å². The second-order valence-corrected chi connectivity index (χ2v) is 6.85. The summed E-state index contributed by atoms with van der Waals surface area (Å²) in [5, 5.41) is 13.0. The second kappa shape index (κ2) is 8.61. The summed E-state index contributed by atoms with van der Waals surface area (Å²) < 4.78 is 6.76. The number of methoxy groups -OCH3 is 1. The number of likely N-dealkylation sites (tertiary alicyclic amines) is 1. The summed E-state index contributed by atoms with van der Waals surface area (Å²) in [4.78, 5) is 40.9. The zero-order valence-corrected chi connectivity index (χ0v) is 15.9. The van der Waals surface area contributed by atoms with Crippen molar-refractivity contribution in [1.82, 2.24) is 14.1 Å². The van der Waals surface area contributed by atoms with Crippen LogP contribution in [-0.2, 0) is 9.59 Å². The third-order valence-corrected chi connectivity index (χ3v) is 4.96. The summed E-state index contributed by atoms with van der Waals surface area (Å²) in [7, 11) is 1.56. The highest BCUT2D eigenvalue weighted by Gasteiger charge is 2.24. The molecule has 0 aliphatic carbocycles. The van der Waals surface area contributed by atoms with E-state index in [1.807, 2.05) is 0 Å². The van der Waals surface area contributed by atoms with Gasteiger partial charge in [0.05, 0.1) is 12.8 Å². The van der Waals surface area contributed by atoms with E-state index >= 15 is 0 Å². The van der Waals surface area contributed by atoms with Crippen molar-refractivity contribution in [3.63, 3.8) is 0 Å². The van der Waals surface area contributed by atoms with Gasteiger partial charge >= 0.3 is 5.97 Å². The van der Waals surface area contributed by atoms with Crippen LogP contribution in [0.5, 0.6) is 5.75 Å². The molecule has 1 aliphatic heterocycles. The van der Waals surface area contributed by atoms with Crippen LogP contribution in [0.3, 0.4) is 0 Å². The highest BCUT2D eigenvalue weighted by Crippen LogP contribution is 2.16. The number of carboxylic acid groups (broad SMARTS) is 1. The molecular formula is C18H18N4O5S. The summed E-state index contributed by atoms with van der Waals surface area (Å²) in [5.41, 5.74) is 0.746. The summed E-state index contributed by atoms with van der Waals surface area (Å²) in [6.45, 7) is 1.26. The molecule has 1 fully saturated rings. The lowest BCUT2D eigenvalue weighted by atomic mass is 10.3. The monoisotopic (exact) mass is 402 g/mol. The lowest BCUT2D eigenvalue weighted by Gasteiger charge is -2.12. The molecule has 2 heterocycles. The highest BCUT2D eigenvalue weighted by atomic mass is 32.1. The molecule has 0 radical (unpaired) electrons. The van der Waals surface area contributed by atoms with E-state index in [2.05, 4.69) is 10.1 Å². The number of ether oxygens (including phenoxy) is 1. The average Bonchev–Trinajstić information content (AvgIpc) is 3.36. The molecule has 2 aromatic rings. The number of carbonyl (C=O) groups excluding carboxylic acids is 2. The van der Waals surface area contributed by atoms with Gasteiger partial charge in [0.2, 0.25) is 0 Å². The van der Waals surface area contributed by atoms with Crippen LogP contribution in [0.4, 0.5) is 0 Å². The molecule has 9 nitrogen and oxygen atoms in total. The largest absolute Gasteiger partial charge is 0.497 e. The summed E-state index contributed by atoms with van der Waals surface area (Å²) in [6.07, 6.45) is 3.37. The van der Waals surface area contributed by atoms with Crippen LogP contribution in [0.1, 0.15) is 23.3 Å². The van der Waals surface area contributed by atoms with Crippen LogP contribution in [0.25, 0.3) is 5.69 Å². The number of benzene rings is 1. The molecule has 146 valence electrons. The normalized spacial score (nSPS) is 14.6. The van der Waals surface area contributed by atoms with Gasteiger partial charge in [0.15, 0.2) is 10.4 Å². The van der Waals surface area contributed by atoms with E-state index in [1.165, 1.54) is 4.07 Å². The van der Waals surface area contributed by atoms with E-state index in [-0.39, 0.29) is 16.3 Å². The van der Waals surface area contributed by atoms with Gasteiger partial charge in [-0.15, -0.1) is 5.10 Å². The van der Waals surface area contributed by atoms with Crippen molar-refractivity contribution < 1.29 is 24.2 Å². The summed E-state index contributed by atoms with van der Waals surface area (Å²) >= 11 is 1.02. The van der Waals surface area contributed by atoms with Crippen molar-refractivity contribution in [2.45, 2.75) is 12.8 Å². The first-order valence-corrected chi connectivity index (χ1v) is 9.29. The zero-order valence-electron chi connectivity index (χ0n) is 15.1. The number of hydrogen-bond donors (Lipinski definition) is 1. The second-order valence-electron chi connectivity index (χ2n) is 5.94. The van der Waals surface area contributed by atoms with Gasteiger partial charge in [-0.3, -0.25) is 9.59 Å².